The topological polar surface area (TPSA) is 83.9 Å². The fourth-order valence-corrected chi connectivity index (χ4v) is 5.51. The highest BCUT2D eigenvalue weighted by molar-refractivity contribution is 5.85. The molecule has 3 aromatic rings. The van der Waals surface area contributed by atoms with Gasteiger partial charge in [0.1, 0.15) is 17.7 Å². The summed E-state index contributed by atoms with van der Waals surface area (Å²) in [6.45, 7) is 2.75. The molecule has 0 spiro atoms. The van der Waals surface area contributed by atoms with Crippen molar-refractivity contribution in [3.8, 4) is 5.82 Å². The summed E-state index contributed by atoms with van der Waals surface area (Å²) in [7, 11) is 0. The van der Waals surface area contributed by atoms with Gasteiger partial charge in [-0.3, -0.25) is 4.79 Å². The third-order valence-corrected chi connectivity index (χ3v) is 7.30. The molecule has 0 bridgehead atoms. The van der Waals surface area contributed by atoms with Crippen molar-refractivity contribution in [3.05, 3.63) is 66.0 Å². The van der Waals surface area contributed by atoms with E-state index in [9.17, 15) is 4.79 Å². The first kappa shape index (κ1) is 23.4. The summed E-state index contributed by atoms with van der Waals surface area (Å²) in [5, 5.41) is 10.1. The molecule has 5 rings (SSSR count). The molecule has 7 nitrogen and oxygen atoms in total. The van der Waals surface area contributed by atoms with Gasteiger partial charge in [0.2, 0.25) is 11.9 Å². The van der Waals surface area contributed by atoms with Crippen LogP contribution in [0.5, 0.6) is 0 Å². The lowest BCUT2D eigenvalue weighted by molar-refractivity contribution is -0.123. The largest absolute Gasteiger partial charge is 0.358 e. The van der Waals surface area contributed by atoms with Crippen LogP contribution in [0.25, 0.3) is 5.82 Å². The van der Waals surface area contributed by atoms with Gasteiger partial charge in [-0.25, -0.2) is 0 Å². The van der Waals surface area contributed by atoms with Crippen LogP contribution in [0, 0.1) is 5.92 Å². The second-order valence-electron chi connectivity index (χ2n) is 9.79. The number of nitrogens with zero attached hydrogens (tertiary/aromatic N) is 3. The van der Waals surface area contributed by atoms with Crippen molar-refractivity contribution in [2.45, 2.75) is 70.4 Å². The van der Waals surface area contributed by atoms with Gasteiger partial charge in [-0.05, 0) is 55.4 Å². The van der Waals surface area contributed by atoms with E-state index in [2.05, 4.69) is 50.2 Å². The second-order valence-corrected chi connectivity index (χ2v) is 9.79. The number of aryl methyl sites for hydroxylation is 1. The molecule has 0 aliphatic heterocycles. The zero-order valence-electron chi connectivity index (χ0n) is 20.5. The molecule has 2 aromatic heterocycles. The normalized spacial score (nSPS) is 18.6. The van der Waals surface area contributed by atoms with Gasteiger partial charge in [-0.2, -0.15) is 9.97 Å². The minimum atomic E-state index is -0.340. The Hall–Kier alpha value is -3.35. The first-order chi connectivity index (χ1) is 17.2. The van der Waals surface area contributed by atoms with E-state index in [-0.39, 0.29) is 18.0 Å². The lowest BCUT2D eigenvalue weighted by Gasteiger charge is -2.28. The first-order valence-corrected chi connectivity index (χ1v) is 13.1. The summed E-state index contributed by atoms with van der Waals surface area (Å²) >= 11 is 0. The van der Waals surface area contributed by atoms with Crippen LogP contribution in [0.3, 0.4) is 0 Å². The van der Waals surface area contributed by atoms with Crippen LogP contribution in [0.1, 0.15) is 69.0 Å². The molecule has 7 heteroatoms. The van der Waals surface area contributed by atoms with Crippen LogP contribution < -0.4 is 16.0 Å². The van der Waals surface area contributed by atoms with Gasteiger partial charge in [0.15, 0.2) is 0 Å². The number of anilines is 2. The van der Waals surface area contributed by atoms with Gasteiger partial charge < -0.3 is 20.5 Å². The molecule has 1 fully saturated rings. The van der Waals surface area contributed by atoms with Gasteiger partial charge in [-0.1, -0.05) is 56.4 Å². The van der Waals surface area contributed by atoms with E-state index in [0.29, 0.717) is 17.7 Å². The minimum Gasteiger partial charge on any atom is -0.358 e. The fraction of sp³-hybridized carbons (Fsp3) is 0.464. The van der Waals surface area contributed by atoms with E-state index >= 15 is 0 Å². The first-order valence-electron chi connectivity index (χ1n) is 13.1. The Bertz CT molecular complexity index is 1120. The average Bonchev–Trinajstić information content (AvgIpc) is 3.55. The van der Waals surface area contributed by atoms with Crippen LogP contribution in [-0.4, -0.2) is 33.0 Å². The molecule has 2 unspecified atom stereocenters. The third-order valence-electron chi connectivity index (χ3n) is 7.30. The number of hydrogen-bond donors (Lipinski definition) is 3. The molecule has 0 radical (unpaired) electrons. The third kappa shape index (κ3) is 5.66. The average molecular weight is 473 g/mol. The zero-order chi connectivity index (χ0) is 24.0. The summed E-state index contributed by atoms with van der Waals surface area (Å²) in [6, 6.07) is 14.1. The molecule has 1 aromatic carbocycles. The quantitative estimate of drug-likeness (QED) is 0.396. The predicted molar refractivity (Wildman–Crippen MR) is 140 cm³/mol. The highest BCUT2D eigenvalue weighted by Crippen LogP contribution is 2.32. The van der Waals surface area contributed by atoms with Crippen molar-refractivity contribution >= 4 is 17.7 Å². The summed E-state index contributed by atoms with van der Waals surface area (Å²) in [6.07, 6.45) is 12.9. The van der Waals surface area contributed by atoms with Crippen LogP contribution in [0.15, 0.2) is 54.9 Å². The number of carbonyl (C=O) groups excluding carboxylic acids is 1. The Morgan fingerprint density at radius 3 is 2.66 bits per heavy atom. The number of rotatable bonds is 9. The smallest absolute Gasteiger partial charge is 0.243 e. The lowest BCUT2D eigenvalue weighted by atomic mass is 9.84. The van der Waals surface area contributed by atoms with Gasteiger partial charge in [0, 0.05) is 25.0 Å². The van der Waals surface area contributed by atoms with Crippen molar-refractivity contribution in [1.29, 1.82) is 0 Å². The Balaban J connectivity index is 1.38. The molecule has 184 valence electrons. The maximum atomic E-state index is 13.7. The Kier molecular flexibility index (Phi) is 7.31. The van der Waals surface area contributed by atoms with E-state index in [1.807, 2.05) is 42.1 Å². The molecule has 2 heterocycles. The van der Waals surface area contributed by atoms with Gasteiger partial charge in [0.25, 0.3) is 0 Å². The maximum Gasteiger partial charge on any atom is 0.243 e. The van der Waals surface area contributed by atoms with Gasteiger partial charge >= 0.3 is 0 Å². The van der Waals surface area contributed by atoms with Gasteiger partial charge in [-0.15, -0.1) is 0 Å². The number of hydrogen-bond acceptors (Lipinski definition) is 5. The summed E-state index contributed by atoms with van der Waals surface area (Å²) in [5.41, 5.74) is 2.60. The van der Waals surface area contributed by atoms with Crippen LogP contribution >= 0.6 is 0 Å². The van der Waals surface area contributed by atoms with Crippen molar-refractivity contribution in [3.63, 3.8) is 0 Å². The van der Waals surface area contributed by atoms with Crippen molar-refractivity contribution in [2.75, 3.05) is 17.2 Å². The number of aromatic nitrogens is 3. The standard InChI is InChI=1S/C28H36N6O/c1-2-29-28-32-25(19-26(33-28)34-16-8-9-17-34)30-24(18-20-10-4-3-5-11-20)27(35)31-23-15-14-21-12-6-7-13-22(21)23/h6-9,12-13,16-17,19-20,23-24H,2-5,10-11,14-15,18H2,1H3,(H,31,35)(H2,29,30,32,33). The highest BCUT2D eigenvalue weighted by Gasteiger charge is 2.29. The van der Waals surface area contributed by atoms with Crippen LogP contribution in [0.2, 0.25) is 0 Å². The Labute approximate surface area is 207 Å². The molecule has 35 heavy (non-hydrogen) atoms. The maximum absolute atomic E-state index is 13.7. The Morgan fingerprint density at radius 2 is 1.86 bits per heavy atom. The molecule has 2 aliphatic rings. The zero-order valence-corrected chi connectivity index (χ0v) is 20.5. The van der Waals surface area contributed by atoms with Gasteiger partial charge in [0.05, 0.1) is 6.04 Å². The van der Waals surface area contributed by atoms with Crippen LogP contribution in [0.4, 0.5) is 11.8 Å². The number of nitrogens with one attached hydrogen (secondary N) is 3. The van der Waals surface area contributed by atoms with E-state index in [1.54, 1.807) is 0 Å². The SMILES string of the molecule is CCNc1nc(NC(CC2CCCCC2)C(=O)NC2CCc3ccccc32)cc(-n2cccc2)n1. The molecular weight excluding hydrogens is 436 g/mol. The number of fused-ring (bicyclic) bond motifs is 1. The molecular formula is C28H36N6O. The molecule has 3 N–H and O–H groups in total. The molecule has 1 saturated carbocycles. The van der Waals surface area contributed by atoms with Crippen molar-refractivity contribution in [1.82, 2.24) is 19.9 Å². The number of benzene rings is 1. The number of carbonyl (C=O) groups is 1. The molecule has 0 saturated heterocycles. The summed E-state index contributed by atoms with van der Waals surface area (Å²) < 4.78 is 1.96. The predicted octanol–water partition coefficient (Wildman–Crippen LogP) is 5.25. The number of amides is 1. The molecule has 2 aliphatic carbocycles. The molecule has 1 amide bonds. The van der Waals surface area contributed by atoms with Crippen LogP contribution in [-0.2, 0) is 11.2 Å². The second kappa shape index (κ2) is 10.9. The van der Waals surface area contributed by atoms with E-state index < -0.39 is 0 Å². The minimum absolute atomic E-state index is 0.0587. The van der Waals surface area contributed by atoms with Crippen molar-refractivity contribution in [2.24, 2.45) is 5.92 Å². The van der Waals surface area contributed by atoms with E-state index in [0.717, 1.165) is 31.6 Å². The fourth-order valence-electron chi connectivity index (χ4n) is 5.51. The monoisotopic (exact) mass is 472 g/mol. The van der Waals surface area contributed by atoms with Crippen molar-refractivity contribution < 1.29 is 4.79 Å². The highest BCUT2D eigenvalue weighted by atomic mass is 16.2. The van der Waals surface area contributed by atoms with E-state index in [1.165, 1.54) is 43.2 Å². The van der Waals surface area contributed by atoms with E-state index in [4.69, 9.17) is 0 Å². The lowest BCUT2D eigenvalue weighted by Crippen LogP contribution is -2.42. The molecule has 2 atom stereocenters. The summed E-state index contributed by atoms with van der Waals surface area (Å²) in [5.74, 6) is 2.61. The Morgan fingerprint density at radius 1 is 1.06 bits per heavy atom. The summed E-state index contributed by atoms with van der Waals surface area (Å²) in [4.78, 5) is 23.0.